The molecule has 0 aliphatic rings. The normalized spacial score (nSPS) is 11.2. The van der Waals surface area contributed by atoms with Crippen LogP contribution in [0.15, 0.2) is 61.3 Å². The number of nitrogens with zero attached hydrogens (tertiary/aromatic N) is 1. The smallest absolute Gasteiger partial charge is 0.0786 e. The highest BCUT2D eigenvalue weighted by Crippen LogP contribution is 2.35. The molecule has 0 aliphatic carbocycles. The lowest BCUT2D eigenvalue weighted by Gasteiger charge is -2.14. The van der Waals surface area contributed by atoms with Gasteiger partial charge in [-0.1, -0.05) is 60.2 Å². The van der Waals surface area contributed by atoms with Crippen LogP contribution in [0.5, 0.6) is 0 Å². The summed E-state index contributed by atoms with van der Waals surface area (Å²) in [6.07, 6.45) is 3.86. The fourth-order valence-electron chi connectivity index (χ4n) is 3.78. The van der Waals surface area contributed by atoms with E-state index in [-0.39, 0.29) is 0 Å². The Kier molecular flexibility index (Phi) is 3.65. The summed E-state index contributed by atoms with van der Waals surface area (Å²) < 4.78 is 0. The van der Waals surface area contributed by atoms with Crippen molar-refractivity contribution in [3.63, 3.8) is 0 Å². The molecule has 0 spiro atoms. The molecular formula is C24H21N. The van der Waals surface area contributed by atoms with Crippen molar-refractivity contribution in [2.24, 2.45) is 0 Å². The molecule has 1 heterocycles. The molecule has 4 aromatic rings. The van der Waals surface area contributed by atoms with Gasteiger partial charge in [-0.15, -0.1) is 0 Å². The van der Waals surface area contributed by atoms with Gasteiger partial charge in [0.2, 0.25) is 0 Å². The van der Waals surface area contributed by atoms with E-state index >= 15 is 0 Å². The molecule has 1 nitrogen and oxygen atoms in total. The van der Waals surface area contributed by atoms with Crippen LogP contribution in [0.4, 0.5) is 0 Å². The van der Waals surface area contributed by atoms with E-state index in [9.17, 15) is 0 Å². The van der Waals surface area contributed by atoms with Gasteiger partial charge in [0, 0.05) is 17.1 Å². The minimum Gasteiger partial charge on any atom is -0.256 e. The maximum atomic E-state index is 4.74. The molecule has 0 N–H and O–H groups in total. The largest absolute Gasteiger partial charge is 0.256 e. The lowest BCUT2D eigenvalue weighted by Crippen LogP contribution is -1.93. The van der Waals surface area contributed by atoms with Crippen LogP contribution in [0, 0.1) is 20.8 Å². The first-order chi connectivity index (χ1) is 12.1. The molecule has 3 aromatic carbocycles. The molecule has 0 unspecified atom stereocenters. The third-order valence-electron chi connectivity index (χ3n) is 4.91. The van der Waals surface area contributed by atoms with Crippen molar-refractivity contribution in [3.05, 3.63) is 83.6 Å². The van der Waals surface area contributed by atoms with E-state index in [0.717, 1.165) is 16.8 Å². The van der Waals surface area contributed by atoms with Crippen molar-refractivity contribution < 1.29 is 0 Å². The van der Waals surface area contributed by atoms with E-state index in [2.05, 4.69) is 75.9 Å². The number of fused-ring (bicyclic) bond motifs is 3. The zero-order chi connectivity index (χ0) is 17.6. The lowest BCUT2D eigenvalue weighted by molar-refractivity contribution is 1.32. The maximum absolute atomic E-state index is 4.74. The number of aryl methyl sites for hydroxylation is 3. The Bertz CT molecular complexity index is 1140. The van der Waals surface area contributed by atoms with Gasteiger partial charge in [-0.2, -0.15) is 0 Å². The van der Waals surface area contributed by atoms with Gasteiger partial charge in [-0.3, -0.25) is 4.98 Å². The molecule has 0 atom stereocenters. The van der Waals surface area contributed by atoms with Crippen molar-refractivity contribution in [2.45, 2.75) is 20.8 Å². The van der Waals surface area contributed by atoms with Crippen molar-refractivity contribution in [1.29, 1.82) is 0 Å². The van der Waals surface area contributed by atoms with Crippen LogP contribution >= 0.6 is 0 Å². The Morgan fingerprint density at radius 3 is 2.40 bits per heavy atom. The molecule has 0 saturated carbocycles. The minimum atomic E-state index is 1.03. The van der Waals surface area contributed by atoms with Gasteiger partial charge in [-0.05, 0) is 60.2 Å². The van der Waals surface area contributed by atoms with Crippen molar-refractivity contribution in [1.82, 2.24) is 4.98 Å². The summed E-state index contributed by atoms with van der Waals surface area (Å²) in [5.74, 6) is 0. The maximum Gasteiger partial charge on any atom is 0.0786 e. The quantitative estimate of drug-likeness (QED) is 0.378. The van der Waals surface area contributed by atoms with Crippen LogP contribution in [0.2, 0.25) is 0 Å². The third-order valence-corrected chi connectivity index (χ3v) is 4.91. The van der Waals surface area contributed by atoms with Crippen molar-refractivity contribution in [2.75, 3.05) is 0 Å². The molecule has 0 amide bonds. The predicted octanol–water partition coefficient (Wildman–Crippen LogP) is 6.62. The zero-order valence-corrected chi connectivity index (χ0v) is 14.9. The number of hydrogen-bond donors (Lipinski definition) is 0. The SMILES string of the molecule is C=Cc1c(C)cc(C)cc1-c1nccc2c1ccc1cc(C)ccc12. The second kappa shape index (κ2) is 5.86. The standard InChI is InChI=1S/C24H21N/c1-5-19-17(4)12-16(3)14-23(19)24-22-9-7-18-13-15(2)6-8-20(18)21(22)10-11-25-24/h5-14H,1H2,2-4H3. The Hall–Kier alpha value is -2.93. The van der Waals surface area contributed by atoms with Crippen molar-refractivity contribution >= 4 is 27.6 Å². The zero-order valence-electron chi connectivity index (χ0n) is 14.9. The van der Waals surface area contributed by atoms with Gasteiger partial charge >= 0.3 is 0 Å². The highest BCUT2D eigenvalue weighted by molar-refractivity contribution is 6.11. The molecule has 0 bridgehead atoms. The number of hydrogen-bond acceptors (Lipinski definition) is 1. The molecule has 0 radical (unpaired) electrons. The first kappa shape index (κ1) is 15.6. The van der Waals surface area contributed by atoms with Crippen molar-refractivity contribution in [3.8, 4) is 11.3 Å². The Morgan fingerprint density at radius 1 is 0.800 bits per heavy atom. The van der Waals surface area contributed by atoms with Gasteiger partial charge in [0.05, 0.1) is 5.69 Å². The Balaban J connectivity index is 2.11. The summed E-state index contributed by atoms with van der Waals surface area (Å²) in [5, 5.41) is 4.98. The summed E-state index contributed by atoms with van der Waals surface area (Å²) >= 11 is 0. The molecule has 0 aliphatic heterocycles. The van der Waals surface area contributed by atoms with E-state index < -0.39 is 0 Å². The van der Waals surface area contributed by atoms with E-state index in [1.165, 1.54) is 38.2 Å². The second-order valence-electron chi connectivity index (χ2n) is 6.79. The molecule has 1 aromatic heterocycles. The van der Waals surface area contributed by atoms with Crippen LogP contribution in [0.25, 0.3) is 38.9 Å². The molecular weight excluding hydrogens is 302 g/mol. The van der Waals surface area contributed by atoms with Gasteiger partial charge in [0.25, 0.3) is 0 Å². The van der Waals surface area contributed by atoms with E-state index in [1.807, 2.05) is 12.3 Å². The molecule has 0 saturated heterocycles. The van der Waals surface area contributed by atoms with E-state index in [0.29, 0.717) is 0 Å². The lowest BCUT2D eigenvalue weighted by atomic mass is 9.92. The highest BCUT2D eigenvalue weighted by atomic mass is 14.7. The molecule has 25 heavy (non-hydrogen) atoms. The van der Waals surface area contributed by atoms with E-state index in [1.54, 1.807) is 0 Å². The molecule has 0 fully saturated rings. The fourth-order valence-corrected chi connectivity index (χ4v) is 3.78. The Labute approximate surface area is 148 Å². The number of rotatable bonds is 2. The van der Waals surface area contributed by atoms with Crippen LogP contribution in [-0.4, -0.2) is 4.98 Å². The summed E-state index contributed by atoms with van der Waals surface area (Å²) in [7, 11) is 0. The third kappa shape index (κ3) is 2.53. The monoisotopic (exact) mass is 323 g/mol. The van der Waals surface area contributed by atoms with Crippen LogP contribution in [0.3, 0.4) is 0 Å². The second-order valence-corrected chi connectivity index (χ2v) is 6.79. The first-order valence-corrected chi connectivity index (χ1v) is 8.60. The van der Waals surface area contributed by atoms with Gasteiger partial charge in [0.15, 0.2) is 0 Å². The number of benzene rings is 3. The number of aromatic nitrogens is 1. The number of pyridine rings is 1. The summed E-state index contributed by atoms with van der Waals surface area (Å²) in [6, 6.07) is 17.6. The first-order valence-electron chi connectivity index (χ1n) is 8.60. The van der Waals surface area contributed by atoms with Gasteiger partial charge in [0.1, 0.15) is 0 Å². The molecule has 122 valence electrons. The van der Waals surface area contributed by atoms with Gasteiger partial charge < -0.3 is 0 Å². The van der Waals surface area contributed by atoms with Crippen LogP contribution in [-0.2, 0) is 0 Å². The summed E-state index contributed by atoms with van der Waals surface area (Å²) in [5.41, 5.74) is 7.11. The Morgan fingerprint density at radius 2 is 1.60 bits per heavy atom. The highest BCUT2D eigenvalue weighted by Gasteiger charge is 2.12. The predicted molar refractivity (Wildman–Crippen MR) is 109 cm³/mol. The fraction of sp³-hybridized carbons (Fsp3) is 0.125. The molecule has 4 rings (SSSR count). The average molecular weight is 323 g/mol. The average Bonchev–Trinajstić information content (AvgIpc) is 2.60. The van der Waals surface area contributed by atoms with Gasteiger partial charge in [-0.25, -0.2) is 0 Å². The topological polar surface area (TPSA) is 12.9 Å². The summed E-state index contributed by atoms with van der Waals surface area (Å²) in [4.78, 5) is 4.74. The van der Waals surface area contributed by atoms with Crippen LogP contribution < -0.4 is 0 Å². The van der Waals surface area contributed by atoms with Crippen LogP contribution in [0.1, 0.15) is 22.3 Å². The minimum absolute atomic E-state index is 1.03. The van der Waals surface area contributed by atoms with E-state index in [4.69, 9.17) is 4.98 Å². The summed E-state index contributed by atoms with van der Waals surface area (Å²) in [6.45, 7) is 10.4. The molecule has 1 heteroatoms.